The average molecular weight is 339 g/mol. The first-order valence-corrected chi connectivity index (χ1v) is 9.40. The lowest BCUT2D eigenvalue weighted by Crippen LogP contribution is -2.41. The number of hydrogen-bond acceptors (Lipinski definition) is 4. The monoisotopic (exact) mass is 338 g/mol. The van der Waals surface area contributed by atoms with E-state index in [1.807, 2.05) is 27.7 Å². The first-order valence-electron chi connectivity index (χ1n) is 8.17. The Balaban J connectivity index is 2.65. The zero-order valence-electron chi connectivity index (χ0n) is 15.3. The van der Waals surface area contributed by atoms with Gasteiger partial charge in [0.15, 0.2) is 0 Å². The van der Waals surface area contributed by atoms with Crippen LogP contribution in [-0.2, 0) is 4.74 Å². The van der Waals surface area contributed by atoms with Crippen molar-refractivity contribution in [2.45, 2.75) is 45.1 Å². The van der Waals surface area contributed by atoms with Crippen LogP contribution in [0.5, 0.6) is 0 Å². The summed E-state index contributed by atoms with van der Waals surface area (Å²) in [6.45, 7) is 12.8. The van der Waals surface area contributed by atoms with Gasteiger partial charge in [-0.3, -0.25) is 0 Å². The fourth-order valence-electron chi connectivity index (χ4n) is 2.21. The summed E-state index contributed by atoms with van der Waals surface area (Å²) in [7, 11) is 0. The molecule has 0 aliphatic carbocycles. The highest BCUT2D eigenvalue weighted by Crippen LogP contribution is 2.20. The van der Waals surface area contributed by atoms with Crippen molar-refractivity contribution in [1.29, 1.82) is 0 Å². The van der Waals surface area contributed by atoms with E-state index in [1.165, 1.54) is 10.6 Å². The summed E-state index contributed by atoms with van der Waals surface area (Å²) in [5.74, 6) is 0. The number of benzene rings is 1. The lowest BCUT2D eigenvalue weighted by molar-refractivity contribution is 0.0265. The van der Waals surface area contributed by atoms with Gasteiger partial charge in [0, 0.05) is 36.8 Å². The van der Waals surface area contributed by atoms with E-state index in [2.05, 4.69) is 42.3 Å². The van der Waals surface area contributed by atoms with E-state index in [-0.39, 0.29) is 6.09 Å². The molecule has 0 heterocycles. The topological polar surface area (TPSA) is 32.8 Å². The van der Waals surface area contributed by atoms with Crippen molar-refractivity contribution in [3.8, 4) is 0 Å². The standard InChI is InChI=1S/C18H30N2O2S/c1-7-19(15-9-11-16(23-6)12-10-15)13-14-20(8-2)17(21)22-18(3,4)5/h9-12H,7-8,13-14H2,1-6H3. The molecule has 0 N–H and O–H groups in total. The van der Waals surface area contributed by atoms with Crippen molar-refractivity contribution in [3.05, 3.63) is 24.3 Å². The molecule has 1 rings (SSSR count). The van der Waals surface area contributed by atoms with Crippen LogP contribution >= 0.6 is 11.8 Å². The minimum atomic E-state index is -0.456. The van der Waals surface area contributed by atoms with Crippen molar-refractivity contribution in [1.82, 2.24) is 4.90 Å². The number of carbonyl (C=O) groups is 1. The van der Waals surface area contributed by atoms with Crippen LogP contribution in [0.25, 0.3) is 0 Å². The molecular formula is C18H30N2O2S. The SMILES string of the molecule is CCN(CCN(CC)c1ccc(SC)cc1)C(=O)OC(C)(C)C. The van der Waals surface area contributed by atoms with Crippen molar-refractivity contribution in [2.24, 2.45) is 0 Å². The number of amides is 1. The molecule has 0 atom stereocenters. The van der Waals surface area contributed by atoms with Crippen LogP contribution in [0.1, 0.15) is 34.6 Å². The minimum absolute atomic E-state index is 0.242. The third kappa shape index (κ3) is 6.73. The number of ether oxygens (including phenoxy) is 1. The normalized spacial score (nSPS) is 11.2. The first kappa shape index (κ1) is 19.7. The molecule has 0 unspecified atom stereocenters. The second-order valence-electron chi connectivity index (χ2n) is 6.34. The predicted molar refractivity (Wildman–Crippen MR) is 99.6 cm³/mol. The van der Waals surface area contributed by atoms with E-state index in [1.54, 1.807) is 16.7 Å². The molecule has 0 bridgehead atoms. The van der Waals surface area contributed by atoms with Crippen LogP contribution in [-0.4, -0.2) is 49.0 Å². The molecule has 0 spiro atoms. The van der Waals surface area contributed by atoms with Gasteiger partial charge in [0.1, 0.15) is 5.60 Å². The number of likely N-dealkylation sites (N-methyl/N-ethyl adjacent to an activating group) is 2. The molecule has 0 aliphatic rings. The van der Waals surface area contributed by atoms with Crippen LogP contribution in [0.15, 0.2) is 29.2 Å². The molecule has 1 aromatic carbocycles. The van der Waals surface area contributed by atoms with E-state index in [9.17, 15) is 4.79 Å². The van der Waals surface area contributed by atoms with Crippen molar-refractivity contribution >= 4 is 23.5 Å². The van der Waals surface area contributed by atoms with Gasteiger partial charge >= 0.3 is 6.09 Å². The van der Waals surface area contributed by atoms with Gasteiger partial charge in [-0.1, -0.05) is 0 Å². The number of nitrogens with zero attached hydrogens (tertiary/aromatic N) is 2. The summed E-state index contributed by atoms with van der Waals surface area (Å²) in [6, 6.07) is 8.54. The summed E-state index contributed by atoms with van der Waals surface area (Å²) in [5, 5.41) is 0. The Morgan fingerprint density at radius 3 is 2.13 bits per heavy atom. The molecular weight excluding hydrogens is 308 g/mol. The summed E-state index contributed by atoms with van der Waals surface area (Å²) in [6.07, 6.45) is 1.83. The number of anilines is 1. The number of thioether (sulfide) groups is 1. The van der Waals surface area contributed by atoms with Gasteiger partial charge in [0.25, 0.3) is 0 Å². The molecule has 0 radical (unpaired) electrons. The zero-order chi connectivity index (χ0) is 17.5. The maximum absolute atomic E-state index is 12.2. The van der Waals surface area contributed by atoms with Gasteiger partial charge in [0.2, 0.25) is 0 Å². The van der Waals surface area contributed by atoms with Gasteiger partial charge in [-0.2, -0.15) is 0 Å². The quantitative estimate of drug-likeness (QED) is 0.686. The Morgan fingerprint density at radius 2 is 1.70 bits per heavy atom. The Bertz CT molecular complexity index is 483. The molecule has 5 heteroatoms. The molecule has 1 amide bonds. The van der Waals surface area contributed by atoms with Crippen LogP contribution in [0.3, 0.4) is 0 Å². The van der Waals surface area contributed by atoms with Crippen molar-refractivity contribution in [3.63, 3.8) is 0 Å². The van der Waals surface area contributed by atoms with Gasteiger partial charge < -0.3 is 14.5 Å². The molecule has 0 fully saturated rings. The highest BCUT2D eigenvalue weighted by atomic mass is 32.2. The highest BCUT2D eigenvalue weighted by molar-refractivity contribution is 7.98. The molecule has 0 aromatic heterocycles. The molecule has 23 heavy (non-hydrogen) atoms. The molecule has 130 valence electrons. The van der Waals surface area contributed by atoms with E-state index >= 15 is 0 Å². The third-order valence-electron chi connectivity index (χ3n) is 3.49. The average Bonchev–Trinajstić information content (AvgIpc) is 2.50. The largest absolute Gasteiger partial charge is 0.444 e. The Morgan fingerprint density at radius 1 is 1.09 bits per heavy atom. The Labute approximate surface area is 145 Å². The van der Waals surface area contributed by atoms with E-state index < -0.39 is 5.60 Å². The Kier molecular flexibility index (Phi) is 7.76. The van der Waals surface area contributed by atoms with Crippen LogP contribution < -0.4 is 4.90 Å². The third-order valence-corrected chi connectivity index (χ3v) is 4.24. The lowest BCUT2D eigenvalue weighted by Gasteiger charge is -2.30. The van der Waals surface area contributed by atoms with Crippen molar-refractivity contribution < 1.29 is 9.53 Å². The maximum Gasteiger partial charge on any atom is 0.410 e. The first-order chi connectivity index (χ1) is 10.8. The van der Waals surface area contributed by atoms with Gasteiger partial charge in [-0.05, 0) is 65.1 Å². The smallest absolute Gasteiger partial charge is 0.410 e. The van der Waals surface area contributed by atoms with Crippen LogP contribution in [0, 0.1) is 0 Å². The number of carbonyl (C=O) groups excluding carboxylic acids is 1. The second-order valence-corrected chi connectivity index (χ2v) is 7.22. The van der Waals surface area contributed by atoms with E-state index in [0.29, 0.717) is 13.1 Å². The summed E-state index contributed by atoms with van der Waals surface area (Å²) >= 11 is 1.74. The van der Waals surface area contributed by atoms with Gasteiger partial charge in [-0.25, -0.2) is 4.79 Å². The van der Waals surface area contributed by atoms with Crippen molar-refractivity contribution in [2.75, 3.05) is 37.3 Å². The minimum Gasteiger partial charge on any atom is -0.444 e. The highest BCUT2D eigenvalue weighted by Gasteiger charge is 2.21. The fourth-order valence-corrected chi connectivity index (χ4v) is 2.62. The molecule has 0 saturated carbocycles. The molecule has 1 aromatic rings. The molecule has 0 aliphatic heterocycles. The second kappa shape index (κ2) is 9.06. The summed E-state index contributed by atoms with van der Waals surface area (Å²) in [5.41, 5.74) is 0.730. The lowest BCUT2D eigenvalue weighted by atomic mass is 10.2. The van der Waals surface area contributed by atoms with Crippen LogP contribution in [0.4, 0.5) is 10.5 Å². The Hall–Kier alpha value is -1.36. The summed E-state index contributed by atoms with van der Waals surface area (Å²) in [4.78, 5) is 17.5. The maximum atomic E-state index is 12.2. The fraction of sp³-hybridized carbons (Fsp3) is 0.611. The van der Waals surface area contributed by atoms with Gasteiger partial charge in [-0.15, -0.1) is 11.8 Å². The van der Waals surface area contributed by atoms with Gasteiger partial charge in [0.05, 0.1) is 0 Å². The van der Waals surface area contributed by atoms with E-state index in [0.717, 1.165) is 13.1 Å². The molecule has 4 nitrogen and oxygen atoms in total. The number of hydrogen-bond donors (Lipinski definition) is 0. The van der Waals surface area contributed by atoms with Crippen LogP contribution in [0.2, 0.25) is 0 Å². The molecule has 0 saturated heterocycles. The predicted octanol–water partition coefficient (Wildman–Crippen LogP) is 4.49. The summed E-state index contributed by atoms with van der Waals surface area (Å²) < 4.78 is 5.46. The zero-order valence-corrected chi connectivity index (χ0v) is 16.1. The number of rotatable bonds is 7. The van der Waals surface area contributed by atoms with E-state index in [4.69, 9.17) is 4.74 Å².